The van der Waals surface area contributed by atoms with Crippen LogP contribution in [-0.4, -0.2) is 36.1 Å². The molecule has 0 aliphatic carbocycles. The molecule has 0 amide bonds. The van der Waals surface area contributed by atoms with Gasteiger partial charge in [0.2, 0.25) is 0 Å². The van der Waals surface area contributed by atoms with Gasteiger partial charge in [-0.1, -0.05) is 19.9 Å². The largest absolute Gasteiger partial charge is 0.383 e. The molecule has 1 aromatic rings. The molecule has 21 heavy (non-hydrogen) atoms. The lowest BCUT2D eigenvalue weighted by molar-refractivity contribution is 0.160. The molecule has 0 radical (unpaired) electrons. The standard InChI is InChI=1S/C15H26N4.2ClH/c1-12(2)5-6-14(19-10-8-17-9-11-19)13-4-3-7-18-15(13)16;;/h3-4,7,12,14,17H,5-6,8-11H2,1-2H3,(H2,16,18);2*1H/t14-;;/m1../s1. The first-order valence-electron chi connectivity index (χ1n) is 7.33. The van der Waals surface area contributed by atoms with Crippen LogP contribution in [0.4, 0.5) is 5.82 Å². The maximum Gasteiger partial charge on any atom is 0.128 e. The molecule has 1 aromatic heterocycles. The Balaban J connectivity index is 0.00000200. The topological polar surface area (TPSA) is 54.2 Å². The molecule has 4 nitrogen and oxygen atoms in total. The highest BCUT2D eigenvalue weighted by Crippen LogP contribution is 2.30. The molecule has 1 saturated heterocycles. The lowest BCUT2D eigenvalue weighted by atomic mass is 9.96. The lowest BCUT2D eigenvalue weighted by Crippen LogP contribution is -2.45. The number of nitrogens with one attached hydrogen (secondary N) is 1. The molecular weight excluding hydrogens is 307 g/mol. The van der Waals surface area contributed by atoms with Crippen LogP contribution in [0.1, 0.15) is 38.3 Å². The molecule has 3 N–H and O–H groups in total. The molecule has 0 unspecified atom stereocenters. The van der Waals surface area contributed by atoms with Crippen molar-refractivity contribution < 1.29 is 0 Å². The van der Waals surface area contributed by atoms with Gasteiger partial charge in [0.15, 0.2) is 0 Å². The third-order valence-electron chi connectivity index (χ3n) is 3.84. The van der Waals surface area contributed by atoms with Crippen LogP contribution in [0, 0.1) is 5.92 Å². The summed E-state index contributed by atoms with van der Waals surface area (Å²) >= 11 is 0. The highest BCUT2D eigenvalue weighted by molar-refractivity contribution is 5.85. The van der Waals surface area contributed by atoms with Crippen molar-refractivity contribution in [3.8, 4) is 0 Å². The summed E-state index contributed by atoms with van der Waals surface area (Å²) in [6, 6.07) is 4.55. The van der Waals surface area contributed by atoms with Crippen molar-refractivity contribution in [2.24, 2.45) is 5.92 Å². The molecule has 1 atom stereocenters. The molecule has 2 rings (SSSR count). The van der Waals surface area contributed by atoms with Crippen molar-refractivity contribution in [3.05, 3.63) is 23.9 Å². The van der Waals surface area contributed by atoms with E-state index in [9.17, 15) is 0 Å². The number of nitrogen functional groups attached to an aromatic ring is 1. The minimum atomic E-state index is 0. The second kappa shape index (κ2) is 10.2. The quantitative estimate of drug-likeness (QED) is 0.869. The zero-order valence-corrected chi connectivity index (χ0v) is 14.6. The Morgan fingerprint density at radius 2 is 1.90 bits per heavy atom. The summed E-state index contributed by atoms with van der Waals surface area (Å²) in [5.74, 6) is 1.41. The first-order chi connectivity index (χ1) is 9.18. The number of anilines is 1. The Bertz CT molecular complexity index is 395. The number of nitrogens with two attached hydrogens (primary N) is 1. The van der Waals surface area contributed by atoms with Crippen molar-refractivity contribution in [2.45, 2.75) is 32.7 Å². The Kier molecular flexibility index (Phi) is 9.95. The maximum atomic E-state index is 6.08. The number of piperazine rings is 1. The summed E-state index contributed by atoms with van der Waals surface area (Å²) < 4.78 is 0. The average molecular weight is 335 g/mol. The van der Waals surface area contributed by atoms with Crippen LogP contribution in [0.25, 0.3) is 0 Å². The Morgan fingerprint density at radius 3 is 2.48 bits per heavy atom. The van der Waals surface area contributed by atoms with Crippen LogP contribution in [-0.2, 0) is 0 Å². The second-order valence-corrected chi connectivity index (χ2v) is 5.75. The first kappa shape index (κ1) is 20.5. The molecular formula is C15H28Cl2N4. The SMILES string of the molecule is CC(C)CC[C@H](c1cccnc1N)N1CCNCC1.Cl.Cl. The molecule has 1 aliphatic rings. The van der Waals surface area contributed by atoms with Gasteiger partial charge in [-0.05, 0) is 24.8 Å². The van der Waals surface area contributed by atoms with Gasteiger partial charge in [0.25, 0.3) is 0 Å². The number of halogens is 2. The number of hydrogen-bond donors (Lipinski definition) is 2. The summed E-state index contributed by atoms with van der Waals surface area (Å²) in [5, 5.41) is 3.41. The van der Waals surface area contributed by atoms with Crippen molar-refractivity contribution in [1.29, 1.82) is 0 Å². The third-order valence-corrected chi connectivity index (χ3v) is 3.84. The van der Waals surface area contributed by atoms with E-state index >= 15 is 0 Å². The average Bonchev–Trinajstić information content (AvgIpc) is 2.42. The monoisotopic (exact) mass is 334 g/mol. The van der Waals surface area contributed by atoms with Crippen LogP contribution in [0.3, 0.4) is 0 Å². The molecule has 1 fully saturated rings. The summed E-state index contributed by atoms with van der Waals surface area (Å²) in [7, 11) is 0. The van der Waals surface area contributed by atoms with E-state index in [4.69, 9.17) is 5.73 Å². The van der Waals surface area contributed by atoms with Crippen molar-refractivity contribution in [1.82, 2.24) is 15.2 Å². The molecule has 1 aliphatic heterocycles. The summed E-state index contributed by atoms with van der Waals surface area (Å²) in [4.78, 5) is 6.81. The van der Waals surface area contributed by atoms with Gasteiger partial charge in [-0.25, -0.2) is 4.98 Å². The number of hydrogen-bond acceptors (Lipinski definition) is 4. The fourth-order valence-corrected chi connectivity index (χ4v) is 2.73. The fourth-order valence-electron chi connectivity index (χ4n) is 2.73. The summed E-state index contributed by atoms with van der Waals surface area (Å²) in [6.45, 7) is 8.88. The van der Waals surface area contributed by atoms with Crippen molar-refractivity contribution >= 4 is 30.6 Å². The second-order valence-electron chi connectivity index (χ2n) is 5.75. The normalized spacial score (nSPS) is 16.9. The first-order valence-corrected chi connectivity index (χ1v) is 7.33. The minimum Gasteiger partial charge on any atom is -0.383 e. The van der Waals surface area contributed by atoms with Gasteiger partial charge in [-0.3, -0.25) is 4.90 Å². The van der Waals surface area contributed by atoms with Crippen molar-refractivity contribution in [3.63, 3.8) is 0 Å². The van der Waals surface area contributed by atoms with Crippen LogP contribution >= 0.6 is 24.8 Å². The van der Waals surface area contributed by atoms with Gasteiger partial charge in [-0.2, -0.15) is 0 Å². The number of rotatable bonds is 5. The van der Waals surface area contributed by atoms with E-state index in [1.807, 2.05) is 6.07 Å². The van der Waals surface area contributed by atoms with E-state index in [-0.39, 0.29) is 24.8 Å². The molecule has 0 spiro atoms. The maximum absolute atomic E-state index is 6.08. The Labute approximate surface area is 140 Å². The lowest BCUT2D eigenvalue weighted by Gasteiger charge is -2.36. The van der Waals surface area contributed by atoms with Gasteiger partial charge >= 0.3 is 0 Å². The highest BCUT2D eigenvalue weighted by Gasteiger charge is 2.24. The molecule has 0 aromatic carbocycles. The summed E-state index contributed by atoms with van der Waals surface area (Å²) in [5.41, 5.74) is 7.28. The number of aromatic nitrogens is 1. The highest BCUT2D eigenvalue weighted by atomic mass is 35.5. The smallest absolute Gasteiger partial charge is 0.128 e. The predicted octanol–water partition coefficient (Wildman–Crippen LogP) is 2.89. The fraction of sp³-hybridized carbons (Fsp3) is 0.667. The van der Waals surface area contributed by atoms with E-state index < -0.39 is 0 Å². The molecule has 0 saturated carbocycles. The van der Waals surface area contributed by atoms with Gasteiger partial charge in [0.1, 0.15) is 5.82 Å². The van der Waals surface area contributed by atoms with E-state index in [2.05, 4.69) is 35.1 Å². The Hall–Kier alpha value is -0.550. The number of pyridine rings is 1. The van der Waals surface area contributed by atoms with Crippen LogP contribution in [0.15, 0.2) is 18.3 Å². The summed E-state index contributed by atoms with van der Waals surface area (Å²) in [6.07, 6.45) is 4.16. The van der Waals surface area contributed by atoms with Crippen molar-refractivity contribution in [2.75, 3.05) is 31.9 Å². The molecule has 6 heteroatoms. The minimum absolute atomic E-state index is 0. The van der Waals surface area contributed by atoms with Gasteiger partial charge in [0.05, 0.1) is 0 Å². The van der Waals surface area contributed by atoms with Crippen LogP contribution < -0.4 is 11.1 Å². The van der Waals surface area contributed by atoms with E-state index in [1.54, 1.807) is 6.20 Å². The molecule has 2 heterocycles. The van der Waals surface area contributed by atoms with E-state index in [0.717, 1.165) is 38.5 Å². The zero-order chi connectivity index (χ0) is 13.7. The Morgan fingerprint density at radius 1 is 1.24 bits per heavy atom. The van der Waals surface area contributed by atoms with Gasteiger partial charge < -0.3 is 11.1 Å². The molecule has 122 valence electrons. The number of nitrogens with zero attached hydrogens (tertiary/aromatic N) is 2. The van der Waals surface area contributed by atoms with Crippen LogP contribution in [0.5, 0.6) is 0 Å². The predicted molar refractivity (Wildman–Crippen MR) is 94.4 cm³/mol. The van der Waals surface area contributed by atoms with E-state index in [0.29, 0.717) is 11.9 Å². The van der Waals surface area contributed by atoms with E-state index in [1.165, 1.54) is 12.0 Å². The van der Waals surface area contributed by atoms with Crippen LogP contribution in [0.2, 0.25) is 0 Å². The molecule has 0 bridgehead atoms. The zero-order valence-electron chi connectivity index (χ0n) is 12.9. The third kappa shape index (κ3) is 5.99. The van der Waals surface area contributed by atoms with Gasteiger partial charge in [-0.15, -0.1) is 24.8 Å². The van der Waals surface area contributed by atoms with Gasteiger partial charge in [0, 0.05) is 44.0 Å².